The number of carbonyl (C=O) groups is 1. The summed E-state index contributed by atoms with van der Waals surface area (Å²) in [7, 11) is 1.72. The third kappa shape index (κ3) is 2.96. The highest BCUT2D eigenvalue weighted by Gasteiger charge is 2.17. The zero-order valence-corrected chi connectivity index (χ0v) is 13.1. The normalized spacial score (nSPS) is 11.0. The SMILES string of the molecule is Cc1ccccc1/C=N/NC(=O)c1c(Br)c(C)nn1C. The van der Waals surface area contributed by atoms with Gasteiger partial charge in [-0.25, -0.2) is 5.43 Å². The first kappa shape index (κ1) is 14.5. The van der Waals surface area contributed by atoms with Crippen molar-refractivity contribution in [1.29, 1.82) is 0 Å². The lowest BCUT2D eigenvalue weighted by atomic mass is 10.1. The average Bonchev–Trinajstić information content (AvgIpc) is 2.65. The fourth-order valence-corrected chi connectivity index (χ4v) is 2.34. The van der Waals surface area contributed by atoms with E-state index in [2.05, 4.69) is 31.6 Å². The Morgan fingerprint density at radius 2 is 2.10 bits per heavy atom. The van der Waals surface area contributed by atoms with Crippen molar-refractivity contribution in [2.75, 3.05) is 0 Å². The van der Waals surface area contributed by atoms with E-state index in [0.29, 0.717) is 10.2 Å². The standard InChI is InChI=1S/C14H15BrN4O/c1-9-6-4-5-7-11(9)8-16-17-14(20)13-12(15)10(2)18-19(13)3/h4-8H,1-3H3,(H,17,20)/b16-8+. The van der Waals surface area contributed by atoms with E-state index in [1.165, 1.54) is 4.68 Å². The number of aryl methyl sites for hydroxylation is 3. The third-order valence-corrected chi connectivity index (χ3v) is 3.87. The maximum atomic E-state index is 12.1. The van der Waals surface area contributed by atoms with E-state index in [1.807, 2.05) is 38.1 Å². The molecule has 0 saturated heterocycles. The quantitative estimate of drug-likeness (QED) is 0.692. The predicted octanol–water partition coefficient (Wildman–Crippen LogP) is 2.56. The Hall–Kier alpha value is -1.95. The first-order chi connectivity index (χ1) is 9.50. The lowest BCUT2D eigenvalue weighted by molar-refractivity contribution is 0.0945. The second kappa shape index (κ2) is 6.00. The molecule has 1 N–H and O–H groups in total. The third-order valence-electron chi connectivity index (χ3n) is 2.92. The first-order valence-electron chi connectivity index (χ1n) is 6.09. The highest BCUT2D eigenvalue weighted by molar-refractivity contribution is 9.10. The van der Waals surface area contributed by atoms with Gasteiger partial charge in [0, 0.05) is 7.05 Å². The molecule has 2 rings (SSSR count). The molecule has 0 spiro atoms. The molecule has 1 heterocycles. The zero-order chi connectivity index (χ0) is 14.7. The number of hydrogen-bond donors (Lipinski definition) is 1. The Morgan fingerprint density at radius 3 is 2.70 bits per heavy atom. The molecule has 0 saturated carbocycles. The lowest BCUT2D eigenvalue weighted by Crippen LogP contribution is -2.21. The van der Waals surface area contributed by atoms with Crippen LogP contribution >= 0.6 is 15.9 Å². The monoisotopic (exact) mass is 334 g/mol. The molecule has 1 amide bonds. The van der Waals surface area contributed by atoms with E-state index in [-0.39, 0.29) is 5.91 Å². The van der Waals surface area contributed by atoms with E-state index < -0.39 is 0 Å². The van der Waals surface area contributed by atoms with Crippen LogP contribution < -0.4 is 5.43 Å². The summed E-state index contributed by atoms with van der Waals surface area (Å²) in [6.07, 6.45) is 1.63. The fourth-order valence-electron chi connectivity index (χ4n) is 1.82. The Bertz CT molecular complexity index is 676. The minimum Gasteiger partial charge on any atom is -0.266 e. The molecule has 0 aliphatic rings. The van der Waals surface area contributed by atoms with Crippen LogP contribution in [0.2, 0.25) is 0 Å². The lowest BCUT2D eigenvalue weighted by Gasteiger charge is -2.02. The number of hydrazone groups is 1. The maximum absolute atomic E-state index is 12.1. The number of benzene rings is 1. The van der Waals surface area contributed by atoms with Crippen LogP contribution in [0.4, 0.5) is 0 Å². The Balaban J connectivity index is 2.11. The van der Waals surface area contributed by atoms with Crippen LogP contribution in [0.25, 0.3) is 0 Å². The van der Waals surface area contributed by atoms with Gasteiger partial charge < -0.3 is 0 Å². The number of amides is 1. The second-order valence-corrected chi connectivity index (χ2v) is 5.22. The zero-order valence-electron chi connectivity index (χ0n) is 11.5. The van der Waals surface area contributed by atoms with Crippen LogP contribution in [-0.2, 0) is 7.05 Å². The van der Waals surface area contributed by atoms with Gasteiger partial charge in [0.15, 0.2) is 0 Å². The summed E-state index contributed by atoms with van der Waals surface area (Å²) in [4.78, 5) is 12.1. The van der Waals surface area contributed by atoms with Crippen molar-refractivity contribution in [2.45, 2.75) is 13.8 Å². The van der Waals surface area contributed by atoms with Crippen molar-refractivity contribution in [2.24, 2.45) is 12.1 Å². The number of nitrogens with one attached hydrogen (secondary N) is 1. The molecule has 6 heteroatoms. The van der Waals surface area contributed by atoms with Gasteiger partial charge in [-0.3, -0.25) is 9.48 Å². The average molecular weight is 335 g/mol. The van der Waals surface area contributed by atoms with E-state index in [0.717, 1.165) is 16.8 Å². The summed E-state index contributed by atoms with van der Waals surface area (Å²) in [5.74, 6) is -0.301. The van der Waals surface area contributed by atoms with Crippen LogP contribution in [0, 0.1) is 13.8 Å². The summed E-state index contributed by atoms with van der Waals surface area (Å²) < 4.78 is 2.21. The van der Waals surface area contributed by atoms with E-state index in [4.69, 9.17) is 0 Å². The summed E-state index contributed by atoms with van der Waals surface area (Å²) >= 11 is 3.35. The van der Waals surface area contributed by atoms with Crippen molar-refractivity contribution in [3.8, 4) is 0 Å². The largest absolute Gasteiger partial charge is 0.290 e. The summed E-state index contributed by atoms with van der Waals surface area (Å²) in [5.41, 5.74) is 5.79. The highest BCUT2D eigenvalue weighted by atomic mass is 79.9. The Labute approximate surface area is 125 Å². The number of halogens is 1. The molecule has 1 aromatic heterocycles. The molecule has 0 radical (unpaired) electrons. The Kier molecular flexibility index (Phi) is 4.34. The van der Waals surface area contributed by atoms with Gasteiger partial charge in [-0.15, -0.1) is 0 Å². The molecule has 104 valence electrons. The summed E-state index contributed by atoms with van der Waals surface area (Å²) in [6.45, 7) is 3.82. The molecule has 0 bridgehead atoms. The van der Waals surface area contributed by atoms with E-state index in [9.17, 15) is 4.79 Å². The van der Waals surface area contributed by atoms with Crippen molar-refractivity contribution in [1.82, 2.24) is 15.2 Å². The number of carbonyl (C=O) groups excluding carboxylic acids is 1. The van der Waals surface area contributed by atoms with Gasteiger partial charge in [-0.2, -0.15) is 10.2 Å². The van der Waals surface area contributed by atoms with Crippen LogP contribution in [0.1, 0.15) is 27.3 Å². The number of nitrogens with zero attached hydrogens (tertiary/aromatic N) is 3. The van der Waals surface area contributed by atoms with E-state index >= 15 is 0 Å². The first-order valence-corrected chi connectivity index (χ1v) is 6.88. The minimum atomic E-state index is -0.301. The topological polar surface area (TPSA) is 59.3 Å². The number of aromatic nitrogens is 2. The van der Waals surface area contributed by atoms with Crippen molar-refractivity contribution < 1.29 is 4.79 Å². The molecule has 0 atom stereocenters. The predicted molar refractivity (Wildman–Crippen MR) is 81.9 cm³/mol. The number of rotatable bonds is 3. The molecular formula is C14H15BrN4O. The van der Waals surface area contributed by atoms with Crippen molar-refractivity contribution in [3.05, 3.63) is 51.3 Å². The molecule has 5 nitrogen and oxygen atoms in total. The molecule has 0 unspecified atom stereocenters. The van der Waals surface area contributed by atoms with Crippen LogP contribution in [0.3, 0.4) is 0 Å². The molecular weight excluding hydrogens is 320 g/mol. The van der Waals surface area contributed by atoms with Gasteiger partial charge >= 0.3 is 0 Å². The van der Waals surface area contributed by atoms with Gasteiger partial charge in [-0.05, 0) is 40.9 Å². The van der Waals surface area contributed by atoms with E-state index in [1.54, 1.807) is 13.3 Å². The molecule has 0 aliphatic carbocycles. The summed E-state index contributed by atoms with van der Waals surface area (Å²) in [6, 6.07) is 7.82. The smallest absolute Gasteiger partial charge is 0.266 e. The molecule has 0 fully saturated rings. The van der Waals surface area contributed by atoms with Crippen LogP contribution in [0.15, 0.2) is 33.8 Å². The second-order valence-electron chi connectivity index (χ2n) is 4.43. The van der Waals surface area contributed by atoms with Crippen molar-refractivity contribution in [3.63, 3.8) is 0 Å². The Morgan fingerprint density at radius 1 is 1.40 bits per heavy atom. The van der Waals surface area contributed by atoms with Crippen molar-refractivity contribution >= 4 is 28.1 Å². The van der Waals surface area contributed by atoms with Crippen LogP contribution in [0.5, 0.6) is 0 Å². The maximum Gasteiger partial charge on any atom is 0.290 e. The highest BCUT2D eigenvalue weighted by Crippen LogP contribution is 2.19. The molecule has 2 aromatic rings. The van der Waals surface area contributed by atoms with Gasteiger partial charge in [-0.1, -0.05) is 24.3 Å². The molecule has 1 aromatic carbocycles. The van der Waals surface area contributed by atoms with Gasteiger partial charge in [0.05, 0.1) is 16.4 Å². The van der Waals surface area contributed by atoms with Crippen LogP contribution in [-0.4, -0.2) is 21.9 Å². The summed E-state index contributed by atoms with van der Waals surface area (Å²) in [5, 5.41) is 8.15. The fraction of sp³-hybridized carbons (Fsp3) is 0.214. The van der Waals surface area contributed by atoms with Gasteiger partial charge in [0.2, 0.25) is 0 Å². The van der Waals surface area contributed by atoms with Gasteiger partial charge in [0.1, 0.15) is 5.69 Å². The molecule has 20 heavy (non-hydrogen) atoms. The molecule has 0 aliphatic heterocycles. The number of hydrogen-bond acceptors (Lipinski definition) is 3. The minimum absolute atomic E-state index is 0.301. The van der Waals surface area contributed by atoms with Gasteiger partial charge in [0.25, 0.3) is 5.91 Å².